The molecule has 4 heteroatoms. The van der Waals surface area contributed by atoms with Gasteiger partial charge in [0.05, 0.1) is 10.5 Å². The molecule has 1 aromatic rings. The summed E-state index contributed by atoms with van der Waals surface area (Å²) in [6.45, 7) is 2.58. The lowest BCUT2D eigenvalue weighted by Gasteiger charge is -2.29. The van der Waals surface area contributed by atoms with E-state index in [0.29, 0.717) is 4.47 Å². The molecule has 90 valence electrons. The van der Waals surface area contributed by atoms with E-state index in [2.05, 4.69) is 26.9 Å². The fourth-order valence-electron chi connectivity index (χ4n) is 2.13. The second-order valence-corrected chi connectivity index (χ2v) is 5.19. The van der Waals surface area contributed by atoms with Crippen molar-refractivity contribution in [2.24, 2.45) is 5.92 Å². The molecule has 17 heavy (non-hydrogen) atoms. The number of likely N-dealkylation sites (tertiary alicyclic amines) is 1. The first-order valence-electron chi connectivity index (χ1n) is 5.75. The van der Waals surface area contributed by atoms with Crippen molar-refractivity contribution in [3.8, 4) is 6.07 Å². The third-order valence-corrected chi connectivity index (χ3v) is 4.08. The van der Waals surface area contributed by atoms with E-state index in [0.717, 1.165) is 38.0 Å². The quantitative estimate of drug-likeness (QED) is 0.837. The van der Waals surface area contributed by atoms with Gasteiger partial charge in [-0.25, -0.2) is 4.39 Å². The van der Waals surface area contributed by atoms with Crippen molar-refractivity contribution in [3.63, 3.8) is 0 Å². The molecule has 1 saturated heterocycles. The van der Waals surface area contributed by atoms with Gasteiger partial charge >= 0.3 is 0 Å². The van der Waals surface area contributed by atoms with Crippen molar-refractivity contribution in [1.29, 1.82) is 5.26 Å². The third-order valence-electron chi connectivity index (χ3n) is 3.20. The second-order valence-electron chi connectivity index (χ2n) is 4.39. The Morgan fingerprint density at radius 2 is 2.12 bits per heavy atom. The number of nitriles is 1. The third kappa shape index (κ3) is 3.05. The summed E-state index contributed by atoms with van der Waals surface area (Å²) in [6.07, 6.45) is 1.84. The summed E-state index contributed by atoms with van der Waals surface area (Å²) in [6, 6.07) is 7.43. The topological polar surface area (TPSA) is 27.0 Å². The van der Waals surface area contributed by atoms with Gasteiger partial charge in [-0.3, -0.25) is 4.90 Å². The van der Waals surface area contributed by atoms with Crippen LogP contribution in [0.3, 0.4) is 0 Å². The fraction of sp³-hybridized carbons (Fsp3) is 0.462. The monoisotopic (exact) mass is 296 g/mol. The van der Waals surface area contributed by atoms with E-state index >= 15 is 0 Å². The van der Waals surface area contributed by atoms with Crippen molar-refractivity contribution < 1.29 is 4.39 Å². The van der Waals surface area contributed by atoms with Crippen molar-refractivity contribution in [2.45, 2.75) is 19.4 Å². The molecule has 2 rings (SSSR count). The van der Waals surface area contributed by atoms with Gasteiger partial charge in [0, 0.05) is 12.5 Å². The Labute approximate surface area is 109 Å². The maximum absolute atomic E-state index is 13.3. The number of halogens is 2. The van der Waals surface area contributed by atoms with E-state index < -0.39 is 0 Å². The second kappa shape index (κ2) is 5.61. The zero-order valence-corrected chi connectivity index (χ0v) is 11.1. The first kappa shape index (κ1) is 12.5. The predicted octanol–water partition coefficient (Wildman–Crippen LogP) is 3.32. The summed E-state index contributed by atoms with van der Waals surface area (Å²) in [5, 5.41) is 8.82. The highest BCUT2D eigenvalue weighted by molar-refractivity contribution is 9.10. The van der Waals surface area contributed by atoms with Crippen LogP contribution in [0, 0.1) is 23.1 Å². The van der Waals surface area contributed by atoms with Crippen molar-refractivity contribution in [1.82, 2.24) is 4.90 Å². The normalized spacial score (nSPS) is 17.9. The van der Waals surface area contributed by atoms with E-state index in [1.165, 1.54) is 6.07 Å². The van der Waals surface area contributed by atoms with Gasteiger partial charge in [-0.05, 0) is 53.5 Å². The molecule has 0 saturated carbocycles. The number of piperidine rings is 1. The Morgan fingerprint density at radius 3 is 2.76 bits per heavy atom. The smallest absolute Gasteiger partial charge is 0.137 e. The van der Waals surface area contributed by atoms with Crippen LogP contribution in [-0.2, 0) is 6.54 Å². The van der Waals surface area contributed by atoms with Crippen LogP contribution in [0.15, 0.2) is 22.7 Å². The molecule has 0 atom stereocenters. The Kier molecular flexibility index (Phi) is 4.14. The van der Waals surface area contributed by atoms with Crippen LogP contribution < -0.4 is 0 Å². The van der Waals surface area contributed by atoms with Crippen molar-refractivity contribution in [3.05, 3.63) is 34.1 Å². The molecule has 1 aliphatic heterocycles. The molecule has 0 aliphatic carbocycles. The largest absolute Gasteiger partial charge is 0.299 e. The Morgan fingerprint density at radius 1 is 1.41 bits per heavy atom. The summed E-state index contributed by atoms with van der Waals surface area (Å²) in [5.41, 5.74) is 0.973. The number of nitrogens with zero attached hydrogens (tertiary/aromatic N) is 2. The Balaban J connectivity index is 1.98. The van der Waals surface area contributed by atoms with E-state index in [1.54, 1.807) is 6.07 Å². The molecule has 1 fully saturated rings. The molecule has 1 aliphatic rings. The van der Waals surface area contributed by atoms with Crippen LogP contribution in [0.5, 0.6) is 0 Å². The van der Waals surface area contributed by atoms with Crippen LogP contribution in [0.1, 0.15) is 18.4 Å². The summed E-state index contributed by atoms with van der Waals surface area (Å²) >= 11 is 3.28. The van der Waals surface area contributed by atoms with Gasteiger partial charge in [-0.15, -0.1) is 0 Å². The minimum absolute atomic E-state index is 0.196. The molecule has 1 aromatic carbocycles. The van der Waals surface area contributed by atoms with Crippen molar-refractivity contribution >= 4 is 15.9 Å². The summed E-state index contributed by atoms with van der Waals surface area (Å²) in [7, 11) is 0. The predicted molar refractivity (Wildman–Crippen MR) is 67.7 cm³/mol. The Hall–Kier alpha value is -0.920. The van der Waals surface area contributed by atoms with Crippen LogP contribution in [0.4, 0.5) is 4.39 Å². The number of benzene rings is 1. The maximum Gasteiger partial charge on any atom is 0.137 e. The molecule has 0 bridgehead atoms. The minimum atomic E-state index is -0.214. The lowest BCUT2D eigenvalue weighted by molar-refractivity contribution is 0.197. The number of hydrogen-bond acceptors (Lipinski definition) is 2. The number of hydrogen-bond donors (Lipinski definition) is 0. The molecule has 0 spiro atoms. The van der Waals surface area contributed by atoms with Gasteiger partial charge in [0.25, 0.3) is 0 Å². The highest BCUT2D eigenvalue weighted by Crippen LogP contribution is 2.24. The minimum Gasteiger partial charge on any atom is -0.299 e. The summed E-state index contributed by atoms with van der Waals surface area (Å²) in [4.78, 5) is 2.27. The van der Waals surface area contributed by atoms with Gasteiger partial charge < -0.3 is 0 Å². The van der Waals surface area contributed by atoms with Gasteiger partial charge in [0.15, 0.2) is 0 Å². The van der Waals surface area contributed by atoms with Crippen LogP contribution in [-0.4, -0.2) is 18.0 Å². The van der Waals surface area contributed by atoms with Crippen LogP contribution in [0.25, 0.3) is 0 Å². The Bertz CT molecular complexity index is 434. The molecule has 0 unspecified atom stereocenters. The molecular weight excluding hydrogens is 283 g/mol. The lowest BCUT2D eigenvalue weighted by Crippen LogP contribution is -2.32. The van der Waals surface area contributed by atoms with Gasteiger partial charge in [-0.1, -0.05) is 12.1 Å². The summed E-state index contributed by atoms with van der Waals surface area (Å²) < 4.78 is 13.9. The standard InChI is InChI=1S/C13H14BrFN2/c14-13-11(2-1-3-12(13)15)9-17-6-4-10(8-16)5-7-17/h1-3,10H,4-7,9H2. The molecule has 1 heterocycles. The SMILES string of the molecule is N#CC1CCN(Cc2cccc(F)c2Br)CC1. The van der Waals surface area contributed by atoms with Crippen molar-refractivity contribution in [2.75, 3.05) is 13.1 Å². The molecule has 2 nitrogen and oxygen atoms in total. The summed E-state index contributed by atoms with van der Waals surface area (Å²) in [5.74, 6) is -0.0170. The van der Waals surface area contributed by atoms with E-state index in [-0.39, 0.29) is 11.7 Å². The average molecular weight is 297 g/mol. The zero-order chi connectivity index (χ0) is 12.3. The van der Waals surface area contributed by atoms with Crippen LogP contribution >= 0.6 is 15.9 Å². The lowest BCUT2D eigenvalue weighted by atomic mass is 9.98. The maximum atomic E-state index is 13.3. The van der Waals surface area contributed by atoms with Crippen LogP contribution in [0.2, 0.25) is 0 Å². The van der Waals surface area contributed by atoms with Gasteiger partial charge in [0.2, 0.25) is 0 Å². The molecule has 0 N–H and O–H groups in total. The van der Waals surface area contributed by atoms with E-state index in [4.69, 9.17) is 5.26 Å². The van der Waals surface area contributed by atoms with E-state index in [9.17, 15) is 4.39 Å². The highest BCUT2D eigenvalue weighted by atomic mass is 79.9. The molecular formula is C13H14BrFN2. The first-order chi connectivity index (χ1) is 8.20. The zero-order valence-electron chi connectivity index (χ0n) is 9.50. The van der Waals surface area contributed by atoms with E-state index in [1.807, 2.05) is 6.07 Å². The van der Waals surface area contributed by atoms with Gasteiger partial charge in [-0.2, -0.15) is 5.26 Å². The average Bonchev–Trinajstić information content (AvgIpc) is 2.36. The fourth-order valence-corrected chi connectivity index (χ4v) is 2.52. The molecule has 0 aromatic heterocycles. The highest BCUT2D eigenvalue weighted by Gasteiger charge is 2.19. The van der Waals surface area contributed by atoms with Gasteiger partial charge in [0.1, 0.15) is 5.82 Å². The first-order valence-corrected chi connectivity index (χ1v) is 6.55. The molecule has 0 radical (unpaired) electrons. The molecule has 0 amide bonds. The number of rotatable bonds is 2.